The van der Waals surface area contributed by atoms with Crippen LogP contribution in [-0.2, 0) is 6.42 Å². The Hall–Kier alpha value is -2.15. The first-order valence-electron chi connectivity index (χ1n) is 7.82. The summed E-state index contributed by atoms with van der Waals surface area (Å²) in [7, 11) is 0. The highest BCUT2D eigenvalue weighted by Gasteiger charge is 2.09. The van der Waals surface area contributed by atoms with Gasteiger partial charge in [-0.1, -0.05) is 68.1 Å². The van der Waals surface area contributed by atoms with Gasteiger partial charge in [0, 0.05) is 11.1 Å². The Morgan fingerprint density at radius 3 is 2.45 bits per heavy atom. The van der Waals surface area contributed by atoms with Crippen LogP contribution in [0.3, 0.4) is 0 Å². The van der Waals surface area contributed by atoms with Crippen LogP contribution in [0.25, 0.3) is 0 Å². The van der Waals surface area contributed by atoms with Gasteiger partial charge in [0.05, 0.1) is 0 Å². The minimum Gasteiger partial charge on any atom is -0.289 e. The van der Waals surface area contributed by atoms with Gasteiger partial charge < -0.3 is 0 Å². The zero-order valence-corrected chi connectivity index (χ0v) is 13.7. The van der Waals surface area contributed by atoms with Crippen LogP contribution in [0.4, 0.5) is 0 Å². The minimum atomic E-state index is 0.0320. The Morgan fingerprint density at radius 1 is 1.23 bits per heavy atom. The van der Waals surface area contributed by atoms with Crippen LogP contribution in [0, 0.1) is 5.92 Å². The summed E-state index contributed by atoms with van der Waals surface area (Å²) in [6.45, 7) is 11.6. The highest BCUT2D eigenvalue weighted by atomic mass is 16.1. The van der Waals surface area contributed by atoms with Gasteiger partial charge in [0.2, 0.25) is 0 Å². The molecule has 1 unspecified atom stereocenters. The zero-order valence-electron chi connectivity index (χ0n) is 13.7. The van der Waals surface area contributed by atoms with E-state index in [9.17, 15) is 4.79 Å². The van der Waals surface area contributed by atoms with Crippen LogP contribution in [-0.4, -0.2) is 5.78 Å². The van der Waals surface area contributed by atoms with Crippen LogP contribution in [0.2, 0.25) is 0 Å². The second-order valence-electron chi connectivity index (χ2n) is 5.55. The molecule has 1 rings (SSSR count). The molecule has 0 fully saturated rings. The van der Waals surface area contributed by atoms with Gasteiger partial charge in [-0.15, -0.1) is 6.58 Å². The van der Waals surface area contributed by atoms with E-state index >= 15 is 0 Å². The molecule has 0 aliphatic carbocycles. The van der Waals surface area contributed by atoms with E-state index in [4.69, 9.17) is 0 Å². The minimum absolute atomic E-state index is 0.0320. The fourth-order valence-corrected chi connectivity index (χ4v) is 2.32. The summed E-state index contributed by atoms with van der Waals surface area (Å²) in [5, 5.41) is 0. The predicted octanol–water partition coefficient (Wildman–Crippen LogP) is 5.70. The van der Waals surface area contributed by atoms with E-state index in [1.54, 1.807) is 12.2 Å². The molecule has 0 radical (unpaired) electrons. The van der Waals surface area contributed by atoms with Gasteiger partial charge in [-0.3, -0.25) is 4.79 Å². The third kappa shape index (κ3) is 5.69. The lowest BCUT2D eigenvalue weighted by Crippen LogP contribution is -2.02. The number of hydrogen-bond acceptors (Lipinski definition) is 1. The molecule has 1 aromatic carbocycles. The van der Waals surface area contributed by atoms with E-state index in [1.807, 2.05) is 37.3 Å². The Balaban J connectivity index is 2.75. The standard InChI is InChI=1S/C21H26O/c1-5-8-17(4)11-12-18-13-15-20(16-14-18)21(22)19(9-6-2)10-7-3/h5-7,9-10,13-17H,1-2,8,11-12H2,3-4H3/b10-7-,19-9+. The van der Waals surface area contributed by atoms with Crippen molar-refractivity contribution >= 4 is 5.78 Å². The van der Waals surface area contributed by atoms with Crippen LogP contribution in [0.5, 0.6) is 0 Å². The van der Waals surface area contributed by atoms with Gasteiger partial charge in [0.1, 0.15) is 0 Å². The molecule has 0 spiro atoms. The molecular weight excluding hydrogens is 268 g/mol. The highest BCUT2D eigenvalue weighted by Crippen LogP contribution is 2.16. The fourth-order valence-electron chi connectivity index (χ4n) is 2.32. The van der Waals surface area contributed by atoms with Crippen LogP contribution < -0.4 is 0 Å². The second-order valence-corrected chi connectivity index (χ2v) is 5.55. The molecule has 0 aromatic heterocycles. The van der Waals surface area contributed by atoms with Crippen molar-refractivity contribution in [3.63, 3.8) is 0 Å². The molecule has 1 nitrogen and oxygen atoms in total. The molecule has 1 aromatic rings. The molecule has 116 valence electrons. The summed E-state index contributed by atoms with van der Waals surface area (Å²) in [6.07, 6.45) is 12.3. The van der Waals surface area contributed by atoms with Crippen molar-refractivity contribution in [2.75, 3.05) is 0 Å². The third-order valence-electron chi connectivity index (χ3n) is 3.62. The second kappa shape index (κ2) is 9.73. The van der Waals surface area contributed by atoms with E-state index in [0.717, 1.165) is 19.3 Å². The first-order valence-corrected chi connectivity index (χ1v) is 7.82. The average molecular weight is 294 g/mol. The molecule has 1 heteroatoms. The van der Waals surface area contributed by atoms with Gasteiger partial charge in [-0.25, -0.2) is 0 Å². The van der Waals surface area contributed by atoms with Crippen molar-refractivity contribution in [1.29, 1.82) is 0 Å². The summed E-state index contributed by atoms with van der Waals surface area (Å²) in [5.74, 6) is 0.681. The smallest absolute Gasteiger partial charge is 0.193 e. The fraction of sp³-hybridized carbons (Fsp3) is 0.286. The Bertz CT molecular complexity index is 558. The van der Waals surface area contributed by atoms with Crippen LogP contribution in [0.15, 0.2) is 73.4 Å². The number of carbonyl (C=O) groups is 1. The monoisotopic (exact) mass is 294 g/mol. The molecule has 0 N–H and O–H groups in total. The molecule has 0 amide bonds. The SMILES string of the molecule is C=C/C=C(\C=C/C)C(=O)c1ccc(CCC(C)CC=C)cc1. The average Bonchev–Trinajstić information content (AvgIpc) is 2.53. The van der Waals surface area contributed by atoms with Crippen molar-refractivity contribution in [3.05, 3.63) is 84.5 Å². The summed E-state index contributed by atoms with van der Waals surface area (Å²) in [5.41, 5.74) is 2.65. The van der Waals surface area contributed by atoms with Gasteiger partial charge >= 0.3 is 0 Å². The first kappa shape index (κ1) is 17.9. The number of rotatable bonds is 9. The lowest BCUT2D eigenvalue weighted by atomic mass is 9.96. The maximum Gasteiger partial charge on any atom is 0.193 e. The molecule has 0 saturated heterocycles. The lowest BCUT2D eigenvalue weighted by molar-refractivity contribution is 0.103. The first-order chi connectivity index (χ1) is 10.6. The van der Waals surface area contributed by atoms with E-state index in [0.29, 0.717) is 17.1 Å². The Morgan fingerprint density at radius 2 is 1.91 bits per heavy atom. The van der Waals surface area contributed by atoms with Gasteiger partial charge in [-0.05, 0) is 37.7 Å². The predicted molar refractivity (Wildman–Crippen MR) is 96.2 cm³/mol. The summed E-state index contributed by atoms with van der Waals surface area (Å²) in [4.78, 5) is 12.4. The maximum atomic E-state index is 12.4. The van der Waals surface area contributed by atoms with Crippen LogP contribution >= 0.6 is 0 Å². The Labute approximate surface area is 134 Å². The molecule has 0 bridgehead atoms. The molecule has 0 heterocycles. The molecule has 0 aliphatic rings. The van der Waals surface area contributed by atoms with Gasteiger partial charge in [-0.2, -0.15) is 0 Å². The van der Waals surface area contributed by atoms with E-state index in [-0.39, 0.29) is 5.78 Å². The number of hydrogen-bond donors (Lipinski definition) is 0. The van der Waals surface area contributed by atoms with Crippen LogP contribution in [0.1, 0.15) is 42.6 Å². The zero-order chi connectivity index (χ0) is 16.4. The van der Waals surface area contributed by atoms with E-state index in [1.165, 1.54) is 5.56 Å². The number of ketones is 1. The Kier molecular flexibility index (Phi) is 7.91. The van der Waals surface area contributed by atoms with E-state index < -0.39 is 0 Å². The van der Waals surface area contributed by atoms with Crippen molar-refractivity contribution < 1.29 is 4.79 Å². The number of Topliss-reactive ketones (excluding diaryl/α,β-unsaturated/α-hetero) is 1. The van der Waals surface area contributed by atoms with Crippen molar-refractivity contribution in [2.45, 2.75) is 33.1 Å². The summed E-state index contributed by atoms with van der Waals surface area (Å²) < 4.78 is 0. The molecule has 22 heavy (non-hydrogen) atoms. The molecule has 1 atom stereocenters. The number of aryl methyl sites for hydroxylation is 1. The van der Waals surface area contributed by atoms with Crippen molar-refractivity contribution in [1.82, 2.24) is 0 Å². The van der Waals surface area contributed by atoms with E-state index in [2.05, 4.69) is 32.2 Å². The summed E-state index contributed by atoms with van der Waals surface area (Å²) >= 11 is 0. The van der Waals surface area contributed by atoms with Crippen molar-refractivity contribution in [2.24, 2.45) is 5.92 Å². The third-order valence-corrected chi connectivity index (χ3v) is 3.62. The number of carbonyl (C=O) groups excluding carboxylic acids is 1. The molecular formula is C21H26O. The van der Waals surface area contributed by atoms with Crippen molar-refractivity contribution in [3.8, 4) is 0 Å². The lowest BCUT2D eigenvalue weighted by Gasteiger charge is -2.09. The largest absolute Gasteiger partial charge is 0.289 e. The summed E-state index contributed by atoms with van der Waals surface area (Å²) in [6, 6.07) is 7.93. The van der Waals surface area contributed by atoms with Gasteiger partial charge in [0.15, 0.2) is 5.78 Å². The van der Waals surface area contributed by atoms with Gasteiger partial charge in [0.25, 0.3) is 0 Å². The topological polar surface area (TPSA) is 17.1 Å². The normalized spacial score (nSPS) is 13.1. The number of benzene rings is 1. The maximum absolute atomic E-state index is 12.4. The molecule has 0 aliphatic heterocycles. The quantitative estimate of drug-likeness (QED) is 0.247. The number of allylic oxidation sites excluding steroid dienone is 6. The molecule has 0 saturated carbocycles. The highest BCUT2D eigenvalue weighted by molar-refractivity contribution is 6.10.